The summed E-state index contributed by atoms with van der Waals surface area (Å²) in [6.07, 6.45) is 5.04. The maximum atomic E-state index is 14.5. The second-order valence-electron chi connectivity index (χ2n) is 5.08. The third-order valence-corrected chi connectivity index (χ3v) is 4.15. The van der Waals surface area contributed by atoms with Crippen LogP contribution in [0, 0.1) is 5.82 Å². The summed E-state index contributed by atoms with van der Waals surface area (Å²) in [5, 5.41) is 0. The van der Waals surface area contributed by atoms with Crippen LogP contribution in [-0.2, 0) is 16.9 Å². The standard InChI is InChI=1S/C14H19BrFNO/c1-18-9-10-7-11(15)8-12(13(10)16)14(17)5-3-2-4-6-14/h7-8H,2-6,9,17H2,1H3. The van der Waals surface area contributed by atoms with Crippen LogP contribution in [0.5, 0.6) is 0 Å². The summed E-state index contributed by atoms with van der Waals surface area (Å²) >= 11 is 3.43. The van der Waals surface area contributed by atoms with E-state index < -0.39 is 5.54 Å². The van der Waals surface area contributed by atoms with Crippen LogP contribution in [0.25, 0.3) is 0 Å². The number of benzene rings is 1. The van der Waals surface area contributed by atoms with Crippen LogP contribution >= 0.6 is 15.9 Å². The smallest absolute Gasteiger partial charge is 0.133 e. The van der Waals surface area contributed by atoms with E-state index in [2.05, 4.69) is 15.9 Å². The van der Waals surface area contributed by atoms with E-state index in [4.69, 9.17) is 10.5 Å². The van der Waals surface area contributed by atoms with Crippen LogP contribution in [0.2, 0.25) is 0 Å². The van der Waals surface area contributed by atoms with Crippen LogP contribution in [-0.4, -0.2) is 7.11 Å². The normalized spacial score (nSPS) is 18.9. The van der Waals surface area contributed by atoms with E-state index in [1.165, 1.54) is 6.42 Å². The monoisotopic (exact) mass is 315 g/mol. The van der Waals surface area contributed by atoms with Gasteiger partial charge in [0, 0.05) is 28.2 Å². The summed E-state index contributed by atoms with van der Waals surface area (Å²) < 4.78 is 20.4. The van der Waals surface area contributed by atoms with Crippen molar-refractivity contribution in [2.24, 2.45) is 5.73 Å². The first kappa shape index (κ1) is 14.0. The molecule has 2 nitrogen and oxygen atoms in total. The Balaban J connectivity index is 2.42. The molecule has 1 aromatic rings. The summed E-state index contributed by atoms with van der Waals surface area (Å²) in [6, 6.07) is 3.58. The van der Waals surface area contributed by atoms with Gasteiger partial charge in [0.15, 0.2) is 0 Å². The fourth-order valence-corrected chi connectivity index (χ4v) is 3.23. The van der Waals surface area contributed by atoms with Crippen LogP contribution in [0.15, 0.2) is 16.6 Å². The SMILES string of the molecule is COCc1cc(Br)cc(C2(N)CCCCC2)c1F. The van der Waals surface area contributed by atoms with Gasteiger partial charge in [0.1, 0.15) is 5.82 Å². The summed E-state index contributed by atoms with van der Waals surface area (Å²) in [6.45, 7) is 0.272. The maximum Gasteiger partial charge on any atom is 0.133 e. The van der Waals surface area contributed by atoms with Gasteiger partial charge in [-0.05, 0) is 25.0 Å². The minimum Gasteiger partial charge on any atom is -0.380 e. The zero-order valence-electron chi connectivity index (χ0n) is 10.6. The molecule has 0 bridgehead atoms. The van der Waals surface area contributed by atoms with Gasteiger partial charge in [-0.2, -0.15) is 0 Å². The molecule has 4 heteroatoms. The van der Waals surface area contributed by atoms with E-state index in [9.17, 15) is 4.39 Å². The molecule has 0 spiro atoms. The molecule has 2 rings (SSSR count). The zero-order chi connectivity index (χ0) is 13.2. The number of hydrogen-bond donors (Lipinski definition) is 1. The lowest BCUT2D eigenvalue weighted by atomic mass is 9.77. The minimum atomic E-state index is -0.519. The lowest BCUT2D eigenvalue weighted by molar-refractivity contribution is 0.180. The molecular formula is C14H19BrFNO. The third kappa shape index (κ3) is 2.76. The summed E-state index contributed by atoms with van der Waals surface area (Å²) in [5.41, 5.74) is 7.09. The molecule has 2 N–H and O–H groups in total. The van der Waals surface area contributed by atoms with E-state index >= 15 is 0 Å². The van der Waals surface area contributed by atoms with Gasteiger partial charge >= 0.3 is 0 Å². The minimum absolute atomic E-state index is 0.204. The Hall–Kier alpha value is -0.450. The fourth-order valence-electron chi connectivity index (χ4n) is 2.72. The molecule has 0 unspecified atom stereocenters. The Labute approximate surface area is 116 Å². The Morgan fingerprint density at radius 1 is 1.33 bits per heavy atom. The maximum absolute atomic E-state index is 14.5. The van der Waals surface area contributed by atoms with Gasteiger partial charge in [0.25, 0.3) is 0 Å². The Kier molecular flexibility index (Phi) is 4.41. The largest absolute Gasteiger partial charge is 0.380 e. The molecule has 1 aliphatic carbocycles. The van der Waals surface area contributed by atoms with Crippen molar-refractivity contribution in [1.82, 2.24) is 0 Å². The molecule has 0 aromatic heterocycles. The van der Waals surface area contributed by atoms with Crippen molar-refractivity contribution in [3.8, 4) is 0 Å². The molecule has 0 heterocycles. The van der Waals surface area contributed by atoms with Gasteiger partial charge in [0.05, 0.1) is 6.61 Å². The summed E-state index contributed by atoms with van der Waals surface area (Å²) in [7, 11) is 1.57. The predicted molar refractivity (Wildman–Crippen MR) is 73.8 cm³/mol. The van der Waals surface area contributed by atoms with E-state index in [-0.39, 0.29) is 12.4 Å². The molecule has 0 radical (unpaired) electrons. The number of rotatable bonds is 3. The second-order valence-corrected chi connectivity index (χ2v) is 5.99. The first-order valence-electron chi connectivity index (χ1n) is 6.33. The van der Waals surface area contributed by atoms with Crippen LogP contribution < -0.4 is 5.73 Å². The van der Waals surface area contributed by atoms with Gasteiger partial charge in [-0.25, -0.2) is 4.39 Å². The molecule has 100 valence electrons. The quantitative estimate of drug-likeness (QED) is 0.919. The highest BCUT2D eigenvalue weighted by Gasteiger charge is 2.33. The zero-order valence-corrected chi connectivity index (χ0v) is 12.2. The Morgan fingerprint density at radius 2 is 2.00 bits per heavy atom. The molecular weight excluding hydrogens is 297 g/mol. The third-order valence-electron chi connectivity index (χ3n) is 3.69. The van der Waals surface area contributed by atoms with Gasteiger partial charge in [-0.1, -0.05) is 35.2 Å². The van der Waals surface area contributed by atoms with Crippen molar-refractivity contribution >= 4 is 15.9 Å². The van der Waals surface area contributed by atoms with Crippen molar-refractivity contribution < 1.29 is 9.13 Å². The summed E-state index contributed by atoms with van der Waals surface area (Å²) in [5.74, 6) is -0.204. The predicted octanol–water partition coefficient (Wildman–Crippen LogP) is 3.85. The van der Waals surface area contributed by atoms with Crippen LogP contribution in [0.3, 0.4) is 0 Å². The highest BCUT2D eigenvalue weighted by Crippen LogP contribution is 2.38. The van der Waals surface area contributed by atoms with Crippen molar-refractivity contribution in [2.45, 2.75) is 44.2 Å². The average Bonchev–Trinajstić information content (AvgIpc) is 2.34. The van der Waals surface area contributed by atoms with Gasteiger partial charge in [-0.15, -0.1) is 0 Å². The van der Waals surface area contributed by atoms with E-state index in [1.807, 2.05) is 6.07 Å². The molecule has 1 fully saturated rings. The summed E-state index contributed by atoms with van der Waals surface area (Å²) in [4.78, 5) is 0. The Morgan fingerprint density at radius 3 is 2.61 bits per heavy atom. The molecule has 0 saturated heterocycles. The number of hydrogen-bond acceptors (Lipinski definition) is 2. The Bertz CT molecular complexity index is 430. The number of methoxy groups -OCH3 is 1. The number of ether oxygens (including phenoxy) is 1. The highest BCUT2D eigenvalue weighted by molar-refractivity contribution is 9.10. The van der Waals surface area contributed by atoms with Gasteiger partial charge in [-0.3, -0.25) is 0 Å². The second kappa shape index (κ2) is 5.68. The number of nitrogens with two attached hydrogens (primary N) is 1. The fraction of sp³-hybridized carbons (Fsp3) is 0.571. The van der Waals surface area contributed by atoms with Crippen LogP contribution in [0.1, 0.15) is 43.2 Å². The van der Waals surface area contributed by atoms with Crippen molar-refractivity contribution in [3.05, 3.63) is 33.5 Å². The van der Waals surface area contributed by atoms with Crippen molar-refractivity contribution in [3.63, 3.8) is 0 Å². The molecule has 0 atom stereocenters. The van der Waals surface area contributed by atoms with Gasteiger partial charge < -0.3 is 10.5 Å². The van der Waals surface area contributed by atoms with E-state index in [1.54, 1.807) is 13.2 Å². The van der Waals surface area contributed by atoms with Crippen molar-refractivity contribution in [2.75, 3.05) is 7.11 Å². The first-order valence-corrected chi connectivity index (χ1v) is 7.12. The molecule has 1 aliphatic rings. The van der Waals surface area contributed by atoms with Crippen LogP contribution in [0.4, 0.5) is 4.39 Å². The molecule has 0 aliphatic heterocycles. The molecule has 1 aromatic carbocycles. The molecule has 18 heavy (non-hydrogen) atoms. The molecule has 0 amide bonds. The van der Waals surface area contributed by atoms with Crippen molar-refractivity contribution in [1.29, 1.82) is 0 Å². The first-order chi connectivity index (χ1) is 8.57. The average molecular weight is 316 g/mol. The highest BCUT2D eigenvalue weighted by atomic mass is 79.9. The topological polar surface area (TPSA) is 35.2 Å². The van der Waals surface area contributed by atoms with E-state index in [0.717, 1.165) is 30.2 Å². The van der Waals surface area contributed by atoms with E-state index in [0.29, 0.717) is 11.1 Å². The lowest BCUT2D eigenvalue weighted by Crippen LogP contribution is -2.39. The number of halogens is 2. The molecule has 1 saturated carbocycles. The lowest BCUT2D eigenvalue weighted by Gasteiger charge is -2.34. The van der Waals surface area contributed by atoms with Gasteiger partial charge in [0.2, 0.25) is 0 Å².